The third kappa shape index (κ3) is 3.99. The van der Waals surface area contributed by atoms with Gasteiger partial charge in [0.2, 0.25) is 5.91 Å². The molecule has 7 rings (SSSR count). The maximum absolute atomic E-state index is 13.6. The van der Waals surface area contributed by atoms with Gasteiger partial charge < -0.3 is 14.0 Å². The predicted molar refractivity (Wildman–Crippen MR) is 151 cm³/mol. The van der Waals surface area contributed by atoms with E-state index >= 15 is 0 Å². The monoisotopic (exact) mass is 574 g/mol. The lowest BCUT2D eigenvalue weighted by molar-refractivity contribution is -0.119. The van der Waals surface area contributed by atoms with Gasteiger partial charge in [-0.2, -0.15) is 0 Å². The molecule has 2 saturated carbocycles. The van der Waals surface area contributed by atoms with Crippen LogP contribution in [0.5, 0.6) is 5.75 Å². The normalized spacial score (nSPS) is 16.8. The molecule has 0 radical (unpaired) electrons. The van der Waals surface area contributed by atoms with E-state index in [0.29, 0.717) is 44.2 Å². The number of fused-ring (bicyclic) bond motifs is 2. The molecule has 7 nitrogen and oxygen atoms in total. The van der Waals surface area contributed by atoms with Crippen molar-refractivity contribution < 1.29 is 23.6 Å². The van der Waals surface area contributed by atoms with Crippen molar-refractivity contribution in [2.75, 3.05) is 12.0 Å². The Kier molecular flexibility index (Phi) is 5.91. The number of nitrogens with zero attached hydrogens (tertiary/aromatic N) is 2. The van der Waals surface area contributed by atoms with Crippen LogP contribution in [0.25, 0.3) is 11.3 Å². The number of hydrogen-bond acceptors (Lipinski definition) is 6. The molecular formula is C31H24Cl2N2O5. The van der Waals surface area contributed by atoms with Crippen LogP contribution in [0.4, 0.5) is 11.4 Å². The Labute approximate surface area is 240 Å². The quantitative estimate of drug-likeness (QED) is 0.211. The fourth-order valence-electron chi connectivity index (χ4n) is 5.56. The first-order chi connectivity index (χ1) is 19.4. The van der Waals surface area contributed by atoms with Crippen molar-refractivity contribution in [1.82, 2.24) is 5.16 Å². The second-order valence-corrected chi connectivity index (χ2v) is 11.3. The molecular weight excluding hydrogens is 551 g/mol. The molecule has 9 heteroatoms. The summed E-state index contributed by atoms with van der Waals surface area (Å²) in [4.78, 5) is 27.3. The van der Waals surface area contributed by atoms with E-state index < -0.39 is 11.4 Å². The van der Waals surface area contributed by atoms with Crippen LogP contribution in [-0.4, -0.2) is 24.1 Å². The van der Waals surface area contributed by atoms with Crippen molar-refractivity contribution in [3.05, 3.63) is 93.2 Å². The lowest BCUT2D eigenvalue weighted by Crippen LogP contribution is -2.27. The summed E-state index contributed by atoms with van der Waals surface area (Å²) in [6.07, 6.45) is 3.68. The number of rotatable bonds is 7. The van der Waals surface area contributed by atoms with Gasteiger partial charge in [-0.15, -0.1) is 0 Å². The van der Waals surface area contributed by atoms with Crippen molar-refractivity contribution in [3.63, 3.8) is 0 Å². The van der Waals surface area contributed by atoms with Gasteiger partial charge >= 0.3 is 5.97 Å². The Hall–Kier alpha value is -3.81. The Bertz CT molecular complexity index is 1650. The van der Waals surface area contributed by atoms with Crippen LogP contribution in [0.3, 0.4) is 0 Å². The van der Waals surface area contributed by atoms with Crippen LogP contribution < -0.4 is 9.64 Å². The van der Waals surface area contributed by atoms with Gasteiger partial charge in [-0.05, 0) is 73.7 Å². The van der Waals surface area contributed by atoms with E-state index in [0.717, 1.165) is 48.3 Å². The molecule has 40 heavy (non-hydrogen) atoms. The summed E-state index contributed by atoms with van der Waals surface area (Å²) < 4.78 is 16.9. The molecule has 2 fully saturated rings. The maximum atomic E-state index is 13.6. The number of aromatic nitrogens is 1. The number of halogens is 2. The molecule has 2 heterocycles. The first-order valence-electron chi connectivity index (χ1n) is 13.1. The Balaban J connectivity index is 1.22. The standard InChI is InChI=1S/C31H24Cl2N2O5/c1-38-29(36)18-7-9-19(10-8-18)35-25-15-20(11-12-22(25)31(13-14-31)30(35)37)39-16-21-27(34-40-28(21)17-5-6-17)26-23(32)3-2-4-24(26)33/h2-4,7-12,15,17H,5-6,13-14,16H2,1H3. The molecule has 1 aromatic heterocycles. The molecule has 4 aromatic rings. The minimum atomic E-state index is -0.490. The van der Waals surface area contributed by atoms with Gasteiger partial charge in [0.25, 0.3) is 0 Å². The van der Waals surface area contributed by atoms with Crippen LogP contribution in [-0.2, 0) is 21.6 Å². The van der Waals surface area contributed by atoms with E-state index in [1.807, 2.05) is 18.2 Å². The summed E-state index contributed by atoms with van der Waals surface area (Å²) in [6.45, 7) is 0.206. The molecule has 1 spiro atoms. The van der Waals surface area contributed by atoms with Crippen LogP contribution in [0.15, 0.2) is 65.2 Å². The number of carbonyl (C=O) groups excluding carboxylic acids is 2. The highest BCUT2D eigenvalue weighted by atomic mass is 35.5. The van der Waals surface area contributed by atoms with Crippen molar-refractivity contribution >= 4 is 46.5 Å². The number of anilines is 2. The van der Waals surface area contributed by atoms with E-state index in [1.165, 1.54) is 7.11 Å². The van der Waals surface area contributed by atoms with Gasteiger partial charge in [0.15, 0.2) is 0 Å². The third-order valence-electron chi connectivity index (χ3n) is 7.98. The van der Waals surface area contributed by atoms with E-state index in [1.54, 1.807) is 47.4 Å². The van der Waals surface area contributed by atoms with Gasteiger partial charge in [-0.25, -0.2) is 4.79 Å². The zero-order valence-electron chi connectivity index (χ0n) is 21.6. The van der Waals surface area contributed by atoms with Crippen molar-refractivity contribution in [1.29, 1.82) is 0 Å². The summed E-state index contributed by atoms with van der Waals surface area (Å²) in [5, 5.41) is 5.32. The van der Waals surface area contributed by atoms with Gasteiger partial charge in [0.05, 0.1) is 39.4 Å². The third-order valence-corrected chi connectivity index (χ3v) is 8.61. The molecule has 202 valence electrons. The summed E-state index contributed by atoms with van der Waals surface area (Å²) in [5.41, 5.74) is 4.42. The highest BCUT2D eigenvalue weighted by Gasteiger charge is 2.59. The van der Waals surface area contributed by atoms with Gasteiger partial charge in [0.1, 0.15) is 23.8 Å². The Morgan fingerprint density at radius 1 is 1.07 bits per heavy atom. The predicted octanol–water partition coefficient (Wildman–Crippen LogP) is 7.60. The SMILES string of the molecule is COC(=O)c1ccc(N2C(=O)C3(CC3)c3ccc(OCc4c(-c5c(Cl)cccc5Cl)noc4C4CC4)cc32)cc1. The summed E-state index contributed by atoms with van der Waals surface area (Å²) >= 11 is 13.0. The molecule has 1 amide bonds. The highest BCUT2D eigenvalue weighted by Crippen LogP contribution is 2.59. The van der Waals surface area contributed by atoms with E-state index in [2.05, 4.69) is 5.16 Å². The van der Waals surface area contributed by atoms with Crippen LogP contribution >= 0.6 is 23.2 Å². The fourth-order valence-corrected chi connectivity index (χ4v) is 6.14. The smallest absolute Gasteiger partial charge is 0.337 e. The molecule has 3 aromatic carbocycles. The molecule has 0 atom stereocenters. The minimum absolute atomic E-state index is 0.0381. The van der Waals surface area contributed by atoms with Crippen molar-refractivity contribution in [3.8, 4) is 17.0 Å². The number of hydrogen-bond donors (Lipinski definition) is 0. The molecule has 0 saturated heterocycles. The van der Waals surface area contributed by atoms with Gasteiger partial charge in [0, 0.05) is 23.2 Å². The first kappa shape index (κ1) is 25.2. The molecule has 0 bridgehead atoms. The van der Waals surface area contributed by atoms with Crippen molar-refractivity contribution in [2.45, 2.75) is 43.6 Å². The lowest BCUT2D eigenvalue weighted by Gasteiger charge is -2.19. The maximum Gasteiger partial charge on any atom is 0.337 e. The number of carbonyl (C=O) groups is 2. The molecule has 3 aliphatic rings. The lowest BCUT2D eigenvalue weighted by atomic mass is 9.98. The molecule has 0 unspecified atom stereocenters. The largest absolute Gasteiger partial charge is 0.489 e. The molecule has 0 N–H and O–H groups in total. The minimum Gasteiger partial charge on any atom is -0.489 e. The van der Waals surface area contributed by atoms with Crippen molar-refractivity contribution in [2.24, 2.45) is 0 Å². The van der Waals surface area contributed by atoms with E-state index in [4.69, 9.17) is 37.2 Å². The Morgan fingerprint density at radius 2 is 1.80 bits per heavy atom. The van der Waals surface area contributed by atoms with E-state index in [9.17, 15) is 9.59 Å². The van der Waals surface area contributed by atoms with Crippen LogP contribution in [0, 0.1) is 0 Å². The topological polar surface area (TPSA) is 81.9 Å². The summed E-state index contributed by atoms with van der Waals surface area (Å²) in [5.74, 6) is 1.32. The molecule has 2 aliphatic carbocycles. The fraction of sp³-hybridized carbons (Fsp3) is 0.258. The average molecular weight is 575 g/mol. The highest BCUT2D eigenvalue weighted by molar-refractivity contribution is 6.39. The van der Waals surface area contributed by atoms with Gasteiger partial charge in [-0.1, -0.05) is 40.5 Å². The van der Waals surface area contributed by atoms with Crippen LogP contribution in [0.2, 0.25) is 10.0 Å². The summed E-state index contributed by atoms with van der Waals surface area (Å²) in [6, 6.07) is 18.0. The van der Waals surface area contributed by atoms with Gasteiger partial charge in [-0.3, -0.25) is 9.69 Å². The first-order valence-corrected chi connectivity index (χ1v) is 13.9. The Morgan fingerprint density at radius 3 is 2.45 bits per heavy atom. The summed E-state index contributed by atoms with van der Waals surface area (Å²) in [7, 11) is 1.34. The van der Waals surface area contributed by atoms with Crippen LogP contribution in [0.1, 0.15) is 58.8 Å². The number of amides is 1. The second kappa shape index (κ2) is 9.39. The number of methoxy groups -OCH3 is 1. The number of benzene rings is 3. The number of esters is 1. The molecule has 1 aliphatic heterocycles. The second-order valence-electron chi connectivity index (χ2n) is 10.5. The zero-order chi connectivity index (χ0) is 27.6. The number of ether oxygens (including phenoxy) is 2. The zero-order valence-corrected chi connectivity index (χ0v) is 23.1. The average Bonchev–Trinajstić information content (AvgIpc) is 3.89. The van der Waals surface area contributed by atoms with E-state index in [-0.39, 0.29) is 12.5 Å².